The van der Waals surface area contributed by atoms with Crippen LogP contribution in [0.1, 0.15) is 52.9 Å². The van der Waals surface area contributed by atoms with Crippen molar-refractivity contribution >= 4 is 17.7 Å². The molecule has 0 N–H and O–H groups in total. The van der Waals surface area contributed by atoms with Crippen molar-refractivity contribution < 1.29 is 23.9 Å². The van der Waals surface area contributed by atoms with Gasteiger partial charge in [0.05, 0.1) is 13.2 Å². The highest BCUT2D eigenvalue weighted by atomic mass is 16.6. The molecule has 0 aliphatic rings. The van der Waals surface area contributed by atoms with Gasteiger partial charge in [-0.25, -0.2) is 0 Å². The first-order valence-electron chi connectivity index (χ1n) is 7.50. The van der Waals surface area contributed by atoms with E-state index in [2.05, 4.69) is 13.5 Å². The standard InChI is InChI=1S/C16H26O5/c1-5-8-9-10-13(17)11-12(4)14(15(18)20-6-2)16(19)21-7-3/h14H,4-11H2,1-3H3. The Kier molecular flexibility index (Phi) is 10.2. The quantitative estimate of drug-likeness (QED) is 0.254. The highest BCUT2D eigenvalue weighted by Gasteiger charge is 2.32. The summed E-state index contributed by atoms with van der Waals surface area (Å²) in [6.07, 6.45) is 3.27. The van der Waals surface area contributed by atoms with E-state index in [0.29, 0.717) is 6.42 Å². The molecule has 0 saturated carbocycles. The van der Waals surface area contributed by atoms with Gasteiger partial charge in [-0.15, -0.1) is 0 Å². The number of hydrogen-bond acceptors (Lipinski definition) is 5. The summed E-state index contributed by atoms with van der Waals surface area (Å²) >= 11 is 0. The van der Waals surface area contributed by atoms with Crippen molar-refractivity contribution in [3.8, 4) is 0 Å². The normalized spacial score (nSPS) is 10.3. The maximum atomic E-state index is 11.8. The second-order valence-electron chi connectivity index (χ2n) is 4.77. The lowest BCUT2D eigenvalue weighted by molar-refractivity contribution is -0.159. The van der Waals surface area contributed by atoms with E-state index in [1.54, 1.807) is 13.8 Å². The van der Waals surface area contributed by atoms with E-state index in [0.717, 1.165) is 19.3 Å². The van der Waals surface area contributed by atoms with E-state index in [9.17, 15) is 14.4 Å². The van der Waals surface area contributed by atoms with Gasteiger partial charge in [0.15, 0.2) is 5.92 Å². The monoisotopic (exact) mass is 298 g/mol. The number of rotatable bonds is 11. The SMILES string of the molecule is C=C(CC(=O)CCCCC)C(C(=O)OCC)C(=O)OCC. The van der Waals surface area contributed by atoms with Crippen LogP contribution in [0, 0.1) is 5.92 Å². The van der Waals surface area contributed by atoms with Crippen molar-refractivity contribution in [2.24, 2.45) is 5.92 Å². The number of carbonyl (C=O) groups excluding carboxylic acids is 3. The van der Waals surface area contributed by atoms with E-state index in [1.807, 2.05) is 0 Å². The number of carbonyl (C=O) groups is 3. The fourth-order valence-electron chi connectivity index (χ4n) is 1.90. The summed E-state index contributed by atoms with van der Waals surface area (Å²) in [5.41, 5.74) is 0.244. The van der Waals surface area contributed by atoms with Crippen molar-refractivity contribution in [1.82, 2.24) is 0 Å². The number of ketones is 1. The Balaban J connectivity index is 4.67. The summed E-state index contributed by atoms with van der Waals surface area (Å²) in [6.45, 7) is 9.39. The van der Waals surface area contributed by atoms with Gasteiger partial charge in [-0.1, -0.05) is 26.3 Å². The van der Waals surface area contributed by atoms with Crippen LogP contribution in [0.2, 0.25) is 0 Å². The molecular formula is C16H26O5. The Morgan fingerprint density at radius 1 is 0.952 bits per heavy atom. The van der Waals surface area contributed by atoms with Gasteiger partial charge in [-0.3, -0.25) is 14.4 Å². The first-order chi connectivity index (χ1) is 9.97. The number of esters is 2. The lowest BCUT2D eigenvalue weighted by atomic mass is 9.94. The van der Waals surface area contributed by atoms with Gasteiger partial charge in [0.2, 0.25) is 0 Å². The smallest absolute Gasteiger partial charge is 0.324 e. The van der Waals surface area contributed by atoms with Crippen LogP contribution >= 0.6 is 0 Å². The topological polar surface area (TPSA) is 69.7 Å². The summed E-state index contributed by atoms with van der Waals surface area (Å²) in [7, 11) is 0. The Morgan fingerprint density at radius 3 is 1.90 bits per heavy atom. The van der Waals surface area contributed by atoms with Crippen molar-refractivity contribution in [1.29, 1.82) is 0 Å². The average Bonchev–Trinajstić information content (AvgIpc) is 2.39. The van der Waals surface area contributed by atoms with Gasteiger partial charge in [-0.05, 0) is 25.8 Å². The molecule has 21 heavy (non-hydrogen) atoms. The summed E-state index contributed by atoms with van der Waals surface area (Å²) < 4.78 is 9.72. The molecule has 0 atom stereocenters. The number of hydrogen-bond donors (Lipinski definition) is 0. The Bertz CT molecular complexity index is 355. The molecule has 0 aromatic heterocycles. The van der Waals surface area contributed by atoms with Gasteiger partial charge in [-0.2, -0.15) is 0 Å². The molecule has 0 spiro atoms. The zero-order chi connectivity index (χ0) is 16.3. The van der Waals surface area contributed by atoms with E-state index in [1.165, 1.54) is 0 Å². The van der Waals surface area contributed by atoms with Gasteiger partial charge in [0.1, 0.15) is 5.78 Å². The number of unbranched alkanes of at least 4 members (excludes halogenated alkanes) is 2. The minimum absolute atomic E-state index is 0.00596. The fraction of sp³-hybridized carbons (Fsp3) is 0.688. The molecular weight excluding hydrogens is 272 g/mol. The zero-order valence-electron chi connectivity index (χ0n) is 13.3. The predicted molar refractivity (Wildman–Crippen MR) is 79.7 cm³/mol. The minimum Gasteiger partial charge on any atom is -0.465 e. The van der Waals surface area contributed by atoms with E-state index < -0.39 is 17.9 Å². The minimum atomic E-state index is -1.21. The van der Waals surface area contributed by atoms with Crippen LogP contribution in [-0.4, -0.2) is 30.9 Å². The van der Waals surface area contributed by atoms with E-state index in [4.69, 9.17) is 9.47 Å². The lowest BCUT2D eigenvalue weighted by Crippen LogP contribution is -2.30. The third-order valence-electron chi connectivity index (χ3n) is 2.94. The average molecular weight is 298 g/mol. The number of ether oxygens (including phenoxy) is 2. The molecule has 0 heterocycles. The molecule has 0 radical (unpaired) electrons. The second kappa shape index (κ2) is 11.1. The van der Waals surface area contributed by atoms with Crippen molar-refractivity contribution in [2.45, 2.75) is 52.9 Å². The molecule has 0 rings (SSSR count). The molecule has 0 bridgehead atoms. The molecule has 120 valence electrons. The molecule has 0 aromatic carbocycles. The van der Waals surface area contributed by atoms with Crippen LogP contribution in [-0.2, 0) is 23.9 Å². The second-order valence-corrected chi connectivity index (χ2v) is 4.77. The van der Waals surface area contributed by atoms with Gasteiger partial charge < -0.3 is 9.47 Å². The third kappa shape index (κ3) is 7.63. The van der Waals surface area contributed by atoms with Crippen LogP contribution in [0.4, 0.5) is 0 Å². The molecule has 0 amide bonds. The lowest BCUT2D eigenvalue weighted by Gasteiger charge is -2.16. The maximum Gasteiger partial charge on any atom is 0.324 e. The van der Waals surface area contributed by atoms with Crippen LogP contribution in [0.5, 0.6) is 0 Å². The Labute approximate surface area is 126 Å². The Morgan fingerprint density at radius 2 is 1.48 bits per heavy atom. The first-order valence-corrected chi connectivity index (χ1v) is 7.50. The summed E-state index contributed by atoms with van der Waals surface area (Å²) in [5, 5.41) is 0. The molecule has 5 nitrogen and oxygen atoms in total. The van der Waals surface area contributed by atoms with Crippen molar-refractivity contribution in [2.75, 3.05) is 13.2 Å². The van der Waals surface area contributed by atoms with E-state index in [-0.39, 0.29) is 31.0 Å². The zero-order valence-corrected chi connectivity index (χ0v) is 13.3. The number of Topliss-reactive ketones (excluding diaryl/α,β-unsaturated/α-hetero) is 1. The third-order valence-corrected chi connectivity index (χ3v) is 2.94. The largest absolute Gasteiger partial charge is 0.465 e. The molecule has 0 aliphatic heterocycles. The highest BCUT2D eigenvalue weighted by Crippen LogP contribution is 2.19. The molecule has 0 aliphatic carbocycles. The molecule has 0 saturated heterocycles. The summed E-state index contributed by atoms with van der Waals surface area (Å²) in [5.74, 6) is -2.64. The van der Waals surface area contributed by atoms with Gasteiger partial charge >= 0.3 is 11.9 Å². The molecule has 0 unspecified atom stereocenters. The highest BCUT2D eigenvalue weighted by molar-refractivity contribution is 5.99. The summed E-state index contributed by atoms with van der Waals surface area (Å²) in [4.78, 5) is 35.5. The molecule has 0 aromatic rings. The summed E-state index contributed by atoms with van der Waals surface area (Å²) in [6, 6.07) is 0. The maximum absolute atomic E-state index is 11.8. The van der Waals surface area contributed by atoms with Crippen molar-refractivity contribution in [3.63, 3.8) is 0 Å². The first kappa shape index (κ1) is 19.4. The fourth-order valence-corrected chi connectivity index (χ4v) is 1.90. The van der Waals surface area contributed by atoms with E-state index >= 15 is 0 Å². The molecule has 0 fully saturated rings. The predicted octanol–water partition coefficient (Wildman–Crippen LogP) is 2.82. The van der Waals surface area contributed by atoms with Gasteiger partial charge in [0, 0.05) is 12.8 Å². The van der Waals surface area contributed by atoms with Crippen LogP contribution in [0.25, 0.3) is 0 Å². The van der Waals surface area contributed by atoms with Gasteiger partial charge in [0.25, 0.3) is 0 Å². The van der Waals surface area contributed by atoms with Crippen LogP contribution < -0.4 is 0 Å². The molecule has 5 heteroatoms. The van der Waals surface area contributed by atoms with Crippen molar-refractivity contribution in [3.05, 3.63) is 12.2 Å². The Hall–Kier alpha value is -1.65. The van der Waals surface area contributed by atoms with Crippen LogP contribution in [0.3, 0.4) is 0 Å². The van der Waals surface area contributed by atoms with Crippen LogP contribution in [0.15, 0.2) is 12.2 Å².